The predicted molar refractivity (Wildman–Crippen MR) is 98.5 cm³/mol. The molecule has 134 valence electrons. The minimum Gasteiger partial charge on any atom is -0.497 e. The lowest BCUT2D eigenvalue weighted by Crippen LogP contribution is -2.26. The lowest BCUT2D eigenvalue weighted by Gasteiger charge is -2.18. The highest BCUT2D eigenvalue weighted by Gasteiger charge is 2.18. The first-order chi connectivity index (χ1) is 12.6. The molecule has 0 atom stereocenters. The fourth-order valence-corrected chi connectivity index (χ4v) is 3.13. The van der Waals surface area contributed by atoms with E-state index >= 15 is 0 Å². The van der Waals surface area contributed by atoms with Gasteiger partial charge in [0.25, 0.3) is 5.91 Å². The summed E-state index contributed by atoms with van der Waals surface area (Å²) < 4.78 is 10.6. The maximum absolute atomic E-state index is 12.7. The third-order valence-corrected chi connectivity index (χ3v) is 4.57. The Labute approximate surface area is 155 Å². The molecule has 2 aromatic heterocycles. The number of hydrogen-bond donors (Lipinski definition) is 0. The zero-order valence-electron chi connectivity index (χ0n) is 14.7. The molecule has 0 aliphatic rings. The summed E-state index contributed by atoms with van der Waals surface area (Å²) in [7, 11) is 4.91. The van der Waals surface area contributed by atoms with E-state index in [4.69, 9.17) is 9.47 Å². The van der Waals surface area contributed by atoms with Crippen LogP contribution < -0.4 is 9.47 Å². The average molecular weight is 370 g/mol. The molecule has 7 nitrogen and oxygen atoms in total. The summed E-state index contributed by atoms with van der Waals surface area (Å²) in [6.45, 7) is 0.390. The largest absolute Gasteiger partial charge is 0.497 e. The van der Waals surface area contributed by atoms with E-state index in [1.165, 1.54) is 11.3 Å². The smallest absolute Gasteiger partial charge is 0.273 e. The van der Waals surface area contributed by atoms with Crippen LogP contribution in [0.3, 0.4) is 0 Å². The highest BCUT2D eigenvalue weighted by Crippen LogP contribution is 2.26. The standard InChI is InChI=1S/C18H18N4O3S/c1-22(10-12-5-6-13(24-2)9-15(12)25-3)18(23)14-11-26-17(21-14)16-19-7-4-8-20-16/h4-9,11H,10H2,1-3H3. The van der Waals surface area contributed by atoms with Gasteiger partial charge in [-0.05, 0) is 18.2 Å². The molecule has 8 heteroatoms. The van der Waals surface area contributed by atoms with E-state index in [9.17, 15) is 4.79 Å². The Morgan fingerprint density at radius 3 is 2.65 bits per heavy atom. The quantitative estimate of drug-likeness (QED) is 0.664. The maximum atomic E-state index is 12.7. The first kappa shape index (κ1) is 17.8. The molecule has 3 rings (SSSR count). The fourth-order valence-electron chi connectivity index (χ4n) is 2.39. The normalized spacial score (nSPS) is 10.4. The van der Waals surface area contributed by atoms with Crippen molar-refractivity contribution in [3.63, 3.8) is 0 Å². The Kier molecular flexibility index (Phi) is 5.43. The summed E-state index contributed by atoms with van der Waals surface area (Å²) in [5.41, 5.74) is 1.25. The molecule has 0 bridgehead atoms. The summed E-state index contributed by atoms with van der Waals surface area (Å²) in [6, 6.07) is 7.25. The van der Waals surface area contributed by atoms with Gasteiger partial charge in [0.05, 0.1) is 14.2 Å². The zero-order valence-corrected chi connectivity index (χ0v) is 15.5. The molecular weight excluding hydrogens is 352 g/mol. The van der Waals surface area contributed by atoms with Gasteiger partial charge in [0.15, 0.2) is 10.8 Å². The number of thiazole rings is 1. The molecule has 0 saturated carbocycles. The second kappa shape index (κ2) is 7.92. The van der Waals surface area contributed by atoms with Crippen molar-refractivity contribution in [2.45, 2.75) is 6.54 Å². The molecule has 1 aromatic carbocycles. The van der Waals surface area contributed by atoms with Crippen molar-refractivity contribution < 1.29 is 14.3 Å². The van der Waals surface area contributed by atoms with Crippen LogP contribution in [0.2, 0.25) is 0 Å². The van der Waals surface area contributed by atoms with Gasteiger partial charge in [0.1, 0.15) is 17.2 Å². The van der Waals surface area contributed by atoms with Gasteiger partial charge in [0.2, 0.25) is 0 Å². The van der Waals surface area contributed by atoms with Gasteiger partial charge in [-0.25, -0.2) is 15.0 Å². The van der Waals surface area contributed by atoms with Crippen LogP contribution in [0.1, 0.15) is 16.1 Å². The van der Waals surface area contributed by atoms with E-state index in [1.807, 2.05) is 12.1 Å². The van der Waals surface area contributed by atoms with E-state index in [2.05, 4.69) is 15.0 Å². The molecule has 1 amide bonds. The van der Waals surface area contributed by atoms with Crippen LogP contribution in [-0.4, -0.2) is 47.0 Å². The zero-order chi connectivity index (χ0) is 18.5. The van der Waals surface area contributed by atoms with Crippen molar-refractivity contribution in [1.29, 1.82) is 0 Å². The number of hydrogen-bond acceptors (Lipinski definition) is 7. The molecule has 0 radical (unpaired) electrons. The Bertz CT molecular complexity index is 898. The third-order valence-electron chi connectivity index (χ3n) is 3.73. The Hall–Kier alpha value is -3.00. The lowest BCUT2D eigenvalue weighted by atomic mass is 10.1. The van der Waals surface area contributed by atoms with Crippen molar-refractivity contribution in [1.82, 2.24) is 19.9 Å². The molecule has 0 spiro atoms. The van der Waals surface area contributed by atoms with E-state index in [0.29, 0.717) is 34.6 Å². The molecule has 0 fully saturated rings. The van der Waals surface area contributed by atoms with Crippen LogP contribution in [-0.2, 0) is 6.54 Å². The molecule has 26 heavy (non-hydrogen) atoms. The summed E-state index contributed by atoms with van der Waals surface area (Å²) in [4.78, 5) is 27.0. The van der Waals surface area contributed by atoms with E-state index in [-0.39, 0.29) is 5.91 Å². The molecule has 3 aromatic rings. The van der Waals surface area contributed by atoms with Gasteiger partial charge in [0, 0.05) is 43.0 Å². The van der Waals surface area contributed by atoms with Crippen LogP contribution in [0, 0.1) is 0 Å². The number of aromatic nitrogens is 3. The number of ether oxygens (including phenoxy) is 2. The van der Waals surface area contributed by atoms with Gasteiger partial charge < -0.3 is 14.4 Å². The molecular formula is C18H18N4O3S. The number of amides is 1. The molecule has 0 aliphatic heterocycles. The summed E-state index contributed by atoms with van der Waals surface area (Å²) in [5.74, 6) is 1.70. The number of carbonyl (C=O) groups excluding carboxylic acids is 1. The average Bonchev–Trinajstić information content (AvgIpc) is 3.18. The van der Waals surface area contributed by atoms with Crippen molar-refractivity contribution in [3.8, 4) is 22.3 Å². The van der Waals surface area contributed by atoms with Crippen LogP contribution >= 0.6 is 11.3 Å². The van der Waals surface area contributed by atoms with Gasteiger partial charge >= 0.3 is 0 Å². The fraction of sp³-hybridized carbons (Fsp3) is 0.222. The summed E-state index contributed by atoms with van der Waals surface area (Å²) in [6.07, 6.45) is 3.29. The molecule has 0 unspecified atom stereocenters. The highest BCUT2D eigenvalue weighted by molar-refractivity contribution is 7.13. The van der Waals surface area contributed by atoms with Crippen LogP contribution in [0.15, 0.2) is 42.0 Å². The Balaban J connectivity index is 1.75. The van der Waals surface area contributed by atoms with Crippen molar-refractivity contribution >= 4 is 17.2 Å². The van der Waals surface area contributed by atoms with Gasteiger partial charge in [-0.2, -0.15) is 0 Å². The Morgan fingerprint density at radius 2 is 1.96 bits per heavy atom. The number of rotatable bonds is 6. The SMILES string of the molecule is COc1ccc(CN(C)C(=O)c2csc(-c3ncccn3)n2)c(OC)c1. The van der Waals surface area contributed by atoms with Gasteiger partial charge in [-0.3, -0.25) is 4.79 Å². The summed E-state index contributed by atoms with van der Waals surface area (Å²) >= 11 is 1.34. The predicted octanol–water partition coefficient (Wildman–Crippen LogP) is 2.89. The molecule has 0 N–H and O–H groups in total. The van der Waals surface area contributed by atoms with Crippen LogP contribution in [0.4, 0.5) is 0 Å². The molecule has 0 saturated heterocycles. The third kappa shape index (κ3) is 3.80. The summed E-state index contributed by atoms with van der Waals surface area (Å²) in [5, 5.41) is 2.33. The van der Waals surface area contributed by atoms with Gasteiger partial charge in [-0.1, -0.05) is 0 Å². The monoisotopic (exact) mass is 370 g/mol. The van der Waals surface area contributed by atoms with Crippen LogP contribution in [0.25, 0.3) is 10.8 Å². The van der Waals surface area contributed by atoms with Gasteiger partial charge in [-0.15, -0.1) is 11.3 Å². The lowest BCUT2D eigenvalue weighted by molar-refractivity contribution is 0.0779. The number of carbonyl (C=O) groups is 1. The first-order valence-corrected chi connectivity index (χ1v) is 8.69. The highest BCUT2D eigenvalue weighted by atomic mass is 32.1. The second-order valence-corrected chi connectivity index (χ2v) is 6.31. The van der Waals surface area contributed by atoms with E-state index in [0.717, 1.165) is 5.56 Å². The topological polar surface area (TPSA) is 77.4 Å². The minimum atomic E-state index is -0.179. The van der Waals surface area contributed by atoms with Crippen molar-refractivity contribution in [2.75, 3.05) is 21.3 Å². The van der Waals surface area contributed by atoms with Crippen molar-refractivity contribution in [2.24, 2.45) is 0 Å². The van der Waals surface area contributed by atoms with Crippen molar-refractivity contribution in [3.05, 3.63) is 53.3 Å². The Morgan fingerprint density at radius 1 is 1.19 bits per heavy atom. The minimum absolute atomic E-state index is 0.179. The van der Waals surface area contributed by atoms with E-state index < -0.39 is 0 Å². The molecule has 2 heterocycles. The number of benzene rings is 1. The second-order valence-electron chi connectivity index (χ2n) is 5.45. The maximum Gasteiger partial charge on any atom is 0.273 e. The number of nitrogens with zero attached hydrogens (tertiary/aromatic N) is 4. The number of methoxy groups -OCH3 is 2. The first-order valence-electron chi connectivity index (χ1n) is 7.81. The van der Waals surface area contributed by atoms with Crippen LogP contribution in [0.5, 0.6) is 11.5 Å². The molecule has 0 aliphatic carbocycles. The van der Waals surface area contributed by atoms with E-state index in [1.54, 1.807) is 56.1 Å².